The third kappa shape index (κ3) is 4.20. The molecular weight excluding hydrogens is 268 g/mol. The Morgan fingerprint density at radius 2 is 2.06 bits per heavy atom. The fourth-order valence-corrected chi connectivity index (χ4v) is 1.92. The maximum Gasteiger partial charge on any atom is 0.210 e. The quantitative estimate of drug-likeness (QED) is 0.338. The van der Waals surface area contributed by atoms with Gasteiger partial charge in [-0.05, 0) is 44.5 Å². The lowest BCUT2D eigenvalue weighted by Crippen LogP contribution is -2.37. The largest absolute Gasteiger partial charge is 0.325 e. The molecule has 0 saturated heterocycles. The van der Waals surface area contributed by atoms with E-state index in [9.17, 15) is 0 Å². The van der Waals surface area contributed by atoms with Crippen molar-refractivity contribution in [2.45, 2.75) is 26.8 Å². The summed E-state index contributed by atoms with van der Waals surface area (Å²) in [5.41, 5.74) is 4.66. The summed E-state index contributed by atoms with van der Waals surface area (Å²) in [6.45, 7) is 6.02. The highest BCUT2D eigenvalue weighted by Crippen LogP contribution is 2.18. The van der Waals surface area contributed by atoms with Gasteiger partial charge in [0.2, 0.25) is 5.96 Å². The number of hydrogen-bond acceptors (Lipinski definition) is 2. The van der Waals surface area contributed by atoms with Crippen LogP contribution >= 0.6 is 15.9 Å². The van der Waals surface area contributed by atoms with Crippen molar-refractivity contribution in [2.75, 3.05) is 5.32 Å². The molecule has 1 rings (SSSR count). The number of benzene rings is 1. The summed E-state index contributed by atoms with van der Waals surface area (Å²) in [5, 5.41) is 3.13. The van der Waals surface area contributed by atoms with E-state index < -0.39 is 0 Å². The Morgan fingerprint density at radius 1 is 1.38 bits per heavy atom. The Bertz CT molecular complexity index is 367. The molecule has 0 aliphatic rings. The van der Waals surface area contributed by atoms with Crippen LogP contribution in [-0.4, -0.2) is 12.0 Å². The zero-order valence-corrected chi connectivity index (χ0v) is 11.3. The second-order valence-corrected chi connectivity index (χ2v) is 4.77. The van der Waals surface area contributed by atoms with Crippen molar-refractivity contribution in [2.24, 2.45) is 10.8 Å². The predicted molar refractivity (Wildman–Crippen MR) is 72.4 cm³/mol. The molecule has 16 heavy (non-hydrogen) atoms. The normalized spacial score (nSPS) is 11.8. The first-order valence-corrected chi connectivity index (χ1v) is 5.89. The predicted octanol–water partition coefficient (Wildman–Crippen LogP) is 2.40. The van der Waals surface area contributed by atoms with Crippen LogP contribution in [0.4, 0.5) is 5.69 Å². The molecule has 0 saturated carbocycles. The first-order valence-electron chi connectivity index (χ1n) is 5.10. The monoisotopic (exact) mass is 284 g/mol. The van der Waals surface area contributed by atoms with Crippen LogP contribution in [-0.2, 0) is 0 Å². The van der Waals surface area contributed by atoms with Crippen LogP contribution in [0.2, 0.25) is 0 Å². The number of guanidine groups is 1. The summed E-state index contributed by atoms with van der Waals surface area (Å²) < 4.78 is 1.02. The molecule has 0 radical (unpaired) electrons. The average Bonchev–Trinajstić information content (AvgIpc) is 2.14. The number of hydrogen-bond donors (Lipinski definition) is 3. The van der Waals surface area contributed by atoms with Crippen molar-refractivity contribution < 1.29 is 0 Å². The molecule has 0 amide bonds. The molecule has 0 unspecified atom stereocenters. The van der Waals surface area contributed by atoms with Crippen molar-refractivity contribution in [1.82, 2.24) is 5.43 Å². The van der Waals surface area contributed by atoms with Crippen LogP contribution in [0.25, 0.3) is 0 Å². The van der Waals surface area contributed by atoms with E-state index in [4.69, 9.17) is 5.84 Å². The zero-order chi connectivity index (χ0) is 12.1. The number of nitrogens with zero attached hydrogens (tertiary/aromatic N) is 1. The Morgan fingerprint density at radius 3 is 2.56 bits per heavy atom. The molecule has 1 aromatic carbocycles. The smallest absolute Gasteiger partial charge is 0.210 e. The highest BCUT2D eigenvalue weighted by molar-refractivity contribution is 9.10. The fourth-order valence-electron chi connectivity index (χ4n) is 1.31. The zero-order valence-electron chi connectivity index (χ0n) is 9.71. The summed E-state index contributed by atoms with van der Waals surface area (Å²) in [4.78, 5) is 4.30. The van der Waals surface area contributed by atoms with E-state index in [-0.39, 0.29) is 6.04 Å². The van der Waals surface area contributed by atoms with E-state index in [1.807, 2.05) is 39.0 Å². The average molecular weight is 285 g/mol. The molecular formula is C11H17BrN4. The summed E-state index contributed by atoms with van der Waals surface area (Å²) in [6, 6.07) is 6.23. The second-order valence-electron chi connectivity index (χ2n) is 3.86. The molecule has 0 aliphatic heterocycles. The molecule has 4 N–H and O–H groups in total. The number of nitrogens with two attached hydrogens (primary N) is 1. The van der Waals surface area contributed by atoms with Crippen LogP contribution in [0.3, 0.4) is 0 Å². The van der Waals surface area contributed by atoms with Crippen LogP contribution in [0.5, 0.6) is 0 Å². The molecule has 1 aromatic rings. The number of aryl methyl sites for hydroxylation is 1. The summed E-state index contributed by atoms with van der Waals surface area (Å²) in [5.74, 6) is 5.95. The molecule has 0 fully saturated rings. The number of halogens is 1. The minimum absolute atomic E-state index is 0.187. The summed E-state index contributed by atoms with van der Waals surface area (Å²) in [7, 11) is 0. The van der Waals surface area contributed by atoms with Gasteiger partial charge < -0.3 is 5.32 Å². The summed E-state index contributed by atoms with van der Waals surface area (Å²) >= 11 is 3.44. The highest BCUT2D eigenvalue weighted by Gasteiger charge is 2.01. The first kappa shape index (κ1) is 13.0. The third-order valence-corrected chi connectivity index (χ3v) is 2.29. The standard InChI is InChI=1S/C11H17BrN4/c1-7(2)14-11(16-13)15-10-5-8(3)4-9(12)6-10/h4-7H,13H2,1-3H3,(H2,14,15,16). The van der Waals surface area contributed by atoms with E-state index in [2.05, 4.69) is 31.7 Å². The number of aliphatic imine (C=N–C) groups is 1. The van der Waals surface area contributed by atoms with Crippen molar-refractivity contribution in [3.05, 3.63) is 28.2 Å². The number of anilines is 1. The molecule has 88 valence electrons. The van der Waals surface area contributed by atoms with Crippen LogP contribution in [0.15, 0.2) is 27.7 Å². The second kappa shape index (κ2) is 5.86. The van der Waals surface area contributed by atoms with Gasteiger partial charge in [-0.2, -0.15) is 0 Å². The number of nitrogens with one attached hydrogen (secondary N) is 2. The van der Waals surface area contributed by atoms with Crippen molar-refractivity contribution in [1.29, 1.82) is 0 Å². The van der Waals surface area contributed by atoms with Crippen molar-refractivity contribution in [3.63, 3.8) is 0 Å². The fraction of sp³-hybridized carbons (Fsp3) is 0.364. The van der Waals surface area contributed by atoms with Gasteiger partial charge in [-0.3, -0.25) is 5.43 Å². The van der Waals surface area contributed by atoms with E-state index >= 15 is 0 Å². The number of hydrazine groups is 1. The molecule has 0 aliphatic carbocycles. The van der Waals surface area contributed by atoms with Gasteiger partial charge in [-0.25, -0.2) is 10.8 Å². The molecule has 0 bridgehead atoms. The van der Waals surface area contributed by atoms with Gasteiger partial charge in [-0.1, -0.05) is 15.9 Å². The molecule has 0 spiro atoms. The van der Waals surface area contributed by atoms with Gasteiger partial charge in [-0.15, -0.1) is 0 Å². The van der Waals surface area contributed by atoms with Gasteiger partial charge in [0, 0.05) is 16.2 Å². The molecule has 0 heterocycles. The van der Waals surface area contributed by atoms with Gasteiger partial charge in [0.1, 0.15) is 0 Å². The summed E-state index contributed by atoms with van der Waals surface area (Å²) in [6.07, 6.45) is 0. The molecule has 0 atom stereocenters. The lowest BCUT2D eigenvalue weighted by atomic mass is 10.2. The van der Waals surface area contributed by atoms with Crippen molar-refractivity contribution in [3.8, 4) is 0 Å². The minimum atomic E-state index is 0.187. The van der Waals surface area contributed by atoms with E-state index in [0.29, 0.717) is 5.96 Å². The molecule has 5 heteroatoms. The van der Waals surface area contributed by atoms with Gasteiger partial charge in [0.25, 0.3) is 0 Å². The van der Waals surface area contributed by atoms with Crippen molar-refractivity contribution >= 4 is 27.6 Å². The first-order chi connectivity index (χ1) is 7.51. The minimum Gasteiger partial charge on any atom is -0.325 e. The molecule has 0 aromatic heterocycles. The maximum atomic E-state index is 5.39. The van der Waals surface area contributed by atoms with Gasteiger partial charge in [0.05, 0.1) is 0 Å². The van der Waals surface area contributed by atoms with Crippen LogP contribution in [0, 0.1) is 6.92 Å². The molecule has 4 nitrogen and oxygen atoms in total. The van der Waals surface area contributed by atoms with Gasteiger partial charge in [0.15, 0.2) is 0 Å². The Balaban J connectivity index is 2.86. The van der Waals surface area contributed by atoms with Crippen LogP contribution in [0.1, 0.15) is 19.4 Å². The lowest BCUT2D eigenvalue weighted by molar-refractivity contribution is 0.819. The third-order valence-electron chi connectivity index (χ3n) is 1.83. The van der Waals surface area contributed by atoms with Gasteiger partial charge >= 0.3 is 0 Å². The van der Waals surface area contributed by atoms with E-state index in [1.165, 1.54) is 0 Å². The maximum absolute atomic E-state index is 5.39. The SMILES string of the molecule is Cc1cc(Br)cc(NC(=NC(C)C)NN)c1. The number of rotatable bonds is 2. The van der Waals surface area contributed by atoms with E-state index in [1.54, 1.807) is 0 Å². The van der Waals surface area contributed by atoms with E-state index in [0.717, 1.165) is 15.7 Å². The Kier molecular flexibility index (Phi) is 4.76. The highest BCUT2D eigenvalue weighted by atomic mass is 79.9. The van der Waals surface area contributed by atoms with Crippen LogP contribution < -0.4 is 16.6 Å². The topological polar surface area (TPSA) is 62.4 Å². The lowest BCUT2D eigenvalue weighted by Gasteiger charge is -2.11. The Labute approximate surface area is 104 Å². The Hall–Kier alpha value is -1.07.